The Morgan fingerprint density at radius 1 is 1.26 bits per heavy atom. The summed E-state index contributed by atoms with van der Waals surface area (Å²) in [4.78, 5) is 26.9. The van der Waals surface area contributed by atoms with Gasteiger partial charge in [0.25, 0.3) is 0 Å². The molecule has 1 aliphatic rings. The van der Waals surface area contributed by atoms with E-state index in [1.54, 1.807) is 6.07 Å². The van der Waals surface area contributed by atoms with E-state index >= 15 is 0 Å². The number of aliphatic carboxylic acids is 1. The fourth-order valence-electron chi connectivity index (χ4n) is 2.60. The molecule has 0 spiro atoms. The van der Waals surface area contributed by atoms with E-state index in [1.807, 2.05) is 31.1 Å². The lowest BCUT2D eigenvalue weighted by Crippen LogP contribution is -2.41. The lowest BCUT2D eigenvalue weighted by atomic mass is 10.1. The summed E-state index contributed by atoms with van der Waals surface area (Å²) in [6, 6.07) is 5.39. The molecule has 1 aliphatic carbocycles. The van der Waals surface area contributed by atoms with Crippen molar-refractivity contribution in [1.82, 2.24) is 9.80 Å². The predicted molar refractivity (Wildman–Crippen MR) is 90.1 cm³/mol. The van der Waals surface area contributed by atoms with E-state index in [0.717, 1.165) is 5.56 Å². The van der Waals surface area contributed by atoms with Crippen LogP contribution in [0.4, 0.5) is 0 Å². The van der Waals surface area contributed by atoms with Crippen LogP contribution in [-0.2, 0) is 9.59 Å². The van der Waals surface area contributed by atoms with Gasteiger partial charge in [-0.3, -0.25) is 9.59 Å². The van der Waals surface area contributed by atoms with Crippen molar-refractivity contribution < 1.29 is 14.7 Å². The van der Waals surface area contributed by atoms with Crippen molar-refractivity contribution in [1.29, 1.82) is 0 Å². The van der Waals surface area contributed by atoms with Crippen molar-refractivity contribution in [2.45, 2.75) is 12.3 Å². The van der Waals surface area contributed by atoms with Gasteiger partial charge in [-0.15, -0.1) is 0 Å². The van der Waals surface area contributed by atoms with Gasteiger partial charge in [0, 0.05) is 19.0 Å². The number of hydrogen-bond donors (Lipinski definition) is 1. The number of carbonyl (C=O) groups excluding carboxylic acids is 1. The van der Waals surface area contributed by atoms with Crippen LogP contribution < -0.4 is 0 Å². The normalized spacial score (nSPS) is 19.7. The average Bonchev–Trinajstić information content (AvgIpc) is 3.25. The highest BCUT2D eigenvalue weighted by atomic mass is 35.5. The smallest absolute Gasteiger partial charge is 0.323 e. The second-order valence-electron chi connectivity index (χ2n) is 6.05. The van der Waals surface area contributed by atoms with Crippen LogP contribution >= 0.6 is 23.2 Å². The quantitative estimate of drug-likeness (QED) is 0.813. The van der Waals surface area contributed by atoms with Crippen molar-refractivity contribution in [3.05, 3.63) is 33.8 Å². The topological polar surface area (TPSA) is 60.9 Å². The molecule has 0 radical (unpaired) electrons. The van der Waals surface area contributed by atoms with Crippen molar-refractivity contribution >= 4 is 35.1 Å². The first kappa shape index (κ1) is 18.0. The minimum Gasteiger partial charge on any atom is -0.480 e. The number of benzene rings is 1. The van der Waals surface area contributed by atoms with Gasteiger partial charge in [-0.1, -0.05) is 35.3 Å². The van der Waals surface area contributed by atoms with Gasteiger partial charge in [0.15, 0.2) is 0 Å². The molecular weight excluding hydrogens is 339 g/mol. The van der Waals surface area contributed by atoms with Crippen LogP contribution in [0.15, 0.2) is 18.2 Å². The fraction of sp³-hybridized carbons (Fsp3) is 0.500. The summed E-state index contributed by atoms with van der Waals surface area (Å²) in [6.45, 7) is 0.734. The van der Waals surface area contributed by atoms with Gasteiger partial charge in [0.05, 0.1) is 10.0 Å². The SMILES string of the molecule is CN(C)CCN(CC(=O)O)C(=O)[C@H]1C[C@H]1c1cccc(Cl)c1Cl. The van der Waals surface area contributed by atoms with E-state index in [4.69, 9.17) is 28.3 Å². The standard InChI is InChI=1S/C16H20Cl2N2O3/c1-19(2)6-7-20(9-14(21)22)16(23)12-8-11(12)10-4-3-5-13(17)15(10)18/h3-5,11-12H,6-9H2,1-2H3,(H,21,22)/t11-,12-/m0/s1. The molecule has 1 aromatic carbocycles. The van der Waals surface area contributed by atoms with E-state index in [-0.39, 0.29) is 24.3 Å². The maximum absolute atomic E-state index is 12.6. The third-order valence-electron chi connectivity index (χ3n) is 3.94. The zero-order valence-corrected chi connectivity index (χ0v) is 14.6. The molecule has 1 aromatic rings. The van der Waals surface area contributed by atoms with Crippen LogP contribution in [-0.4, -0.2) is 60.5 Å². The Labute approximate surface area is 145 Å². The molecule has 1 amide bonds. The summed E-state index contributed by atoms with van der Waals surface area (Å²) >= 11 is 12.2. The Morgan fingerprint density at radius 2 is 1.96 bits per heavy atom. The summed E-state index contributed by atoms with van der Waals surface area (Å²) in [5.74, 6) is -1.33. The number of amides is 1. The highest BCUT2D eigenvalue weighted by molar-refractivity contribution is 6.42. The second-order valence-corrected chi connectivity index (χ2v) is 6.83. The maximum atomic E-state index is 12.6. The molecule has 0 saturated heterocycles. The first-order chi connectivity index (χ1) is 10.8. The fourth-order valence-corrected chi connectivity index (χ4v) is 3.05. The van der Waals surface area contributed by atoms with Crippen LogP contribution in [0.5, 0.6) is 0 Å². The number of rotatable bonds is 7. The van der Waals surface area contributed by atoms with Gasteiger partial charge < -0.3 is 14.9 Å². The molecule has 5 nitrogen and oxygen atoms in total. The summed E-state index contributed by atoms with van der Waals surface area (Å²) in [5, 5.41) is 9.97. The number of nitrogens with zero attached hydrogens (tertiary/aromatic N) is 2. The summed E-state index contributed by atoms with van der Waals surface area (Å²) < 4.78 is 0. The summed E-state index contributed by atoms with van der Waals surface area (Å²) in [6.07, 6.45) is 0.678. The van der Waals surface area contributed by atoms with Gasteiger partial charge in [0.1, 0.15) is 6.54 Å². The molecule has 1 saturated carbocycles. The lowest BCUT2D eigenvalue weighted by Gasteiger charge is -2.23. The van der Waals surface area contributed by atoms with Gasteiger partial charge in [-0.05, 0) is 38.1 Å². The molecule has 2 rings (SSSR count). The largest absolute Gasteiger partial charge is 0.480 e. The van der Waals surface area contributed by atoms with Gasteiger partial charge in [-0.2, -0.15) is 0 Å². The molecule has 0 unspecified atom stereocenters. The Kier molecular flexibility index (Phi) is 5.89. The molecule has 1 N–H and O–H groups in total. The van der Waals surface area contributed by atoms with Crippen molar-refractivity contribution in [2.75, 3.05) is 33.7 Å². The average molecular weight is 359 g/mol. The molecule has 1 fully saturated rings. The summed E-state index contributed by atoms with van der Waals surface area (Å²) in [7, 11) is 3.77. The van der Waals surface area contributed by atoms with Crippen LogP contribution in [0.1, 0.15) is 17.9 Å². The molecule has 0 heterocycles. The van der Waals surface area contributed by atoms with E-state index in [0.29, 0.717) is 29.6 Å². The van der Waals surface area contributed by atoms with Gasteiger partial charge >= 0.3 is 5.97 Å². The van der Waals surface area contributed by atoms with Crippen molar-refractivity contribution in [3.8, 4) is 0 Å². The number of carbonyl (C=O) groups is 2. The molecule has 0 aromatic heterocycles. The zero-order valence-electron chi connectivity index (χ0n) is 13.1. The van der Waals surface area contributed by atoms with E-state index in [2.05, 4.69) is 0 Å². The Hall–Kier alpha value is -1.30. The molecule has 0 aliphatic heterocycles. The minimum atomic E-state index is -1.00. The number of carboxylic acid groups (broad SMARTS) is 1. The van der Waals surface area contributed by atoms with Crippen molar-refractivity contribution in [2.24, 2.45) is 5.92 Å². The lowest BCUT2D eigenvalue weighted by molar-refractivity contribution is -0.145. The molecular formula is C16H20Cl2N2O3. The molecule has 2 atom stereocenters. The second kappa shape index (κ2) is 7.51. The predicted octanol–water partition coefficient (Wildman–Crippen LogP) is 2.57. The number of hydrogen-bond acceptors (Lipinski definition) is 3. The number of likely N-dealkylation sites (N-methyl/N-ethyl adjacent to an activating group) is 1. The maximum Gasteiger partial charge on any atom is 0.323 e. The van der Waals surface area contributed by atoms with E-state index < -0.39 is 5.97 Å². The number of halogens is 2. The van der Waals surface area contributed by atoms with Gasteiger partial charge in [0.2, 0.25) is 5.91 Å². The van der Waals surface area contributed by atoms with Gasteiger partial charge in [-0.25, -0.2) is 0 Å². The monoisotopic (exact) mass is 358 g/mol. The summed E-state index contributed by atoms with van der Waals surface area (Å²) in [5.41, 5.74) is 0.861. The van der Waals surface area contributed by atoms with E-state index in [1.165, 1.54) is 4.90 Å². The Balaban J connectivity index is 2.06. The van der Waals surface area contributed by atoms with Crippen molar-refractivity contribution in [3.63, 3.8) is 0 Å². The first-order valence-corrected chi connectivity index (χ1v) is 8.16. The highest BCUT2D eigenvalue weighted by Crippen LogP contribution is 2.51. The van der Waals surface area contributed by atoms with Crippen LogP contribution in [0.25, 0.3) is 0 Å². The Morgan fingerprint density at radius 3 is 2.57 bits per heavy atom. The van der Waals surface area contributed by atoms with Crippen LogP contribution in [0.3, 0.4) is 0 Å². The van der Waals surface area contributed by atoms with Crippen LogP contribution in [0.2, 0.25) is 10.0 Å². The van der Waals surface area contributed by atoms with E-state index in [9.17, 15) is 9.59 Å². The first-order valence-electron chi connectivity index (χ1n) is 7.40. The molecule has 0 bridgehead atoms. The Bertz CT molecular complexity index is 607. The minimum absolute atomic E-state index is 0.0179. The zero-order chi connectivity index (χ0) is 17.1. The molecule has 23 heavy (non-hydrogen) atoms. The third kappa shape index (κ3) is 4.59. The highest BCUT2D eigenvalue weighted by Gasteiger charge is 2.46. The van der Waals surface area contributed by atoms with Crippen LogP contribution in [0, 0.1) is 5.92 Å². The molecule has 126 valence electrons. The third-order valence-corrected chi connectivity index (χ3v) is 4.78. The number of carboxylic acids is 1. The molecule has 7 heteroatoms.